The van der Waals surface area contributed by atoms with Crippen LogP contribution >= 0.6 is 0 Å². The minimum absolute atomic E-state index is 0.0915. The molecule has 41 heavy (non-hydrogen) atoms. The Bertz CT molecular complexity index is 1390. The molecule has 0 radical (unpaired) electrons. The number of carbonyl (C=O) groups is 2. The highest BCUT2D eigenvalue weighted by molar-refractivity contribution is 6.00. The predicted octanol–water partition coefficient (Wildman–Crippen LogP) is 7.30. The molecule has 5 heteroatoms. The van der Waals surface area contributed by atoms with Crippen LogP contribution in [0.25, 0.3) is 0 Å². The molecule has 0 bridgehead atoms. The maximum Gasteiger partial charge on any atom is 0.339 e. The smallest absolute Gasteiger partial charge is 0.339 e. The maximum absolute atomic E-state index is 14.6. The number of hydrogen-bond acceptors (Lipinski definition) is 5. The molecule has 0 unspecified atom stereocenters. The first-order valence-corrected chi connectivity index (χ1v) is 16.3. The zero-order chi connectivity index (χ0) is 28.6. The highest BCUT2D eigenvalue weighted by atomic mass is 16.6. The molecule has 2 aliphatic heterocycles. The third-order valence-corrected chi connectivity index (χ3v) is 11.9. The van der Waals surface area contributed by atoms with E-state index in [1.165, 1.54) is 11.1 Å². The summed E-state index contributed by atoms with van der Waals surface area (Å²) in [6, 6.07) is 6.24. The van der Waals surface area contributed by atoms with Gasteiger partial charge in [0.15, 0.2) is 5.60 Å². The lowest BCUT2D eigenvalue weighted by Gasteiger charge is -2.71. The number of unbranched alkanes of at least 4 members (excludes halogenated alkanes) is 1. The summed E-state index contributed by atoms with van der Waals surface area (Å²) in [5.74, 6) is 2.01. The lowest BCUT2D eigenvalue weighted by atomic mass is 9.28. The molecule has 2 heterocycles. The fourth-order valence-electron chi connectivity index (χ4n) is 10.6. The van der Waals surface area contributed by atoms with E-state index in [-0.39, 0.29) is 17.9 Å². The van der Waals surface area contributed by atoms with Crippen molar-refractivity contribution in [2.45, 2.75) is 97.0 Å². The number of nitrogens with two attached hydrogens (primary N) is 1. The number of esters is 2. The number of fused-ring (bicyclic) bond motifs is 4. The second-order valence-electron chi connectivity index (χ2n) is 13.5. The standard InChI is InChI=1S/C36H45NO4/c1-4-6-16-30-34-20-19-26-25-14-7-11-22(3)24(25)17-18-27(26)35(34,33(39)40-30)29(10-5-2)36(34)28-15-8-12-23(13-9-21-37)31(28)32(38)41-36/h7-8,12,14-16,22,24-25,29H,4-6,9-11,13,17-21,37H2,1-3H3/b30-16-/t22-,24+,25-,29+,34-,35+,36-/m1/s1. The van der Waals surface area contributed by atoms with Crippen molar-refractivity contribution in [3.8, 4) is 0 Å². The van der Waals surface area contributed by atoms with E-state index in [0.29, 0.717) is 29.9 Å². The highest BCUT2D eigenvalue weighted by Crippen LogP contribution is 2.86. The average Bonchev–Trinajstić information content (AvgIpc) is 3.43. The first-order chi connectivity index (χ1) is 19.9. The Labute approximate surface area is 244 Å². The molecule has 1 spiro atoms. The molecule has 5 nitrogen and oxygen atoms in total. The highest BCUT2D eigenvalue weighted by Gasteiger charge is 2.92. The van der Waals surface area contributed by atoms with E-state index in [4.69, 9.17) is 15.2 Å². The first-order valence-electron chi connectivity index (χ1n) is 16.3. The summed E-state index contributed by atoms with van der Waals surface area (Å²) < 4.78 is 13.2. The molecule has 6 aliphatic rings. The van der Waals surface area contributed by atoms with Gasteiger partial charge in [-0.2, -0.15) is 0 Å². The maximum atomic E-state index is 14.6. The minimum atomic E-state index is -0.884. The quantitative estimate of drug-likeness (QED) is 0.282. The topological polar surface area (TPSA) is 78.6 Å². The molecule has 218 valence electrons. The fourth-order valence-corrected chi connectivity index (χ4v) is 10.6. The van der Waals surface area contributed by atoms with Gasteiger partial charge in [-0.3, -0.25) is 4.79 Å². The summed E-state index contributed by atoms with van der Waals surface area (Å²) in [5.41, 5.74) is 9.08. The van der Waals surface area contributed by atoms with Gasteiger partial charge in [-0.15, -0.1) is 0 Å². The second-order valence-corrected chi connectivity index (χ2v) is 13.5. The molecule has 0 aromatic heterocycles. The summed E-state index contributed by atoms with van der Waals surface area (Å²) in [7, 11) is 0. The molecule has 4 aliphatic carbocycles. The summed E-state index contributed by atoms with van der Waals surface area (Å²) in [5, 5.41) is 0. The van der Waals surface area contributed by atoms with Crippen molar-refractivity contribution in [3.63, 3.8) is 0 Å². The van der Waals surface area contributed by atoms with Crippen molar-refractivity contribution in [1.29, 1.82) is 0 Å². The van der Waals surface area contributed by atoms with Crippen LogP contribution in [-0.4, -0.2) is 18.5 Å². The average molecular weight is 556 g/mol. The number of ether oxygens (including phenoxy) is 2. The van der Waals surface area contributed by atoms with Gasteiger partial charge in [0, 0.05) is 17.4 Å². The van der Waals surface area contributed by atoms with E-state index < -0.39 is 16.4 Å². The third-order valence-electron chi connectivity index (χ3n) is 11.9. The first kappa shape index (κ1) is 27.2. The molecular formula is C36H45NO4. The van der Waals surface area contributed by atoms with Crippen LogP contribution in [0.15, 0.2) is 53.3 Å². The molecule has 2 N–H and O–H groups in total. The molecule has 1 aromatic carbocycles. The van der Waals surface area contributed by atoms with Crippen LogP contribution in [0.2, 0.25) is 0 Å². The van der Waals surface area contributed by atoms with Crippen molar-refractivity contribution >= 4 is 11.9 Å². The molecular weight excluding hydrogens is 510 g/mol. The lowest BCUT2D eigenvalue weighted by molar-refractivity contribution is -0.277. The van der Waals surface area contributed by atoms with Gasteiger partial charge in [0.2, 0.25) is 0 Å². The van der Waals surface area contributed by atoms with E-state index in [2.05, 4.69) is 57.2 Å². The number of carbonyl (C=O) groups excluding carboxylic acids is 2. The van der Waals surface area contributed by atoms with Crippen LogP contribution in [0.3, 0.4) is 0 Å². The molecule has 1 aromatic rings. The minimum Gasteiger partial charge on any atom is -0.449 e. The molecule has 1 saturated carbocycles. The van der Waals surface area contributed by atoms with Gasteiger partial charge in [0.05, 0.1) is 11.0 Å². The number of benzene rings is 1. The van der Waals surface area contributed by atoms with Crippen molar-refractivity contribution < 1.29 is 19.1 Å². The van der Waals surface area contributed by atoms with Crippen LogP contribution in [-0.2, 0) is 26.3 Å². The van der Waals surface area contributed by atoms with Gasteiger partial charge >= 0.3 is 11.9 Å². The largest absolute Gasteiger partial charge is 0.449 e. The van der Waals surface area contributed by atoms with Crippen LogP contribution in [0.1, 0.15) is 106 Å². The molecule has 0 amide bonds. The molecule has 7 rings (SSSR count). The number of aryl methyl sites for hydroxylation is 1. The van der Waals surface area contributed by atoms with Crippen molar-refractivity contribution in [2.75, 3.05) is 6.54 Å². The number of rotatable bonds is 7. The number of hydrogen-bond donors (Lipinski definition) is 1. The van der Waals surface area contributed by atoms with Gasteiger partial charge in [-0.1, -0.05) is 75.1 Å². The lowest BCUT2D eigenvalue weighted by Crippen LogP contribution is -2.77. The molecule has 7 atom stereocenters. The second kappa shape index (κ2) is 9.69. The van der Waals surface area contributed by atoms with Gasteiger partial charge < -0.3 is 15.2 Å². The Morgan fingerprint density at radius 1 is 1.15 bits per heavy atom. The number of cyclic esters (lactones) is 1. The van der Waals surface area contributed by atoms with Gasteiger partial charge in [0.25, 0.3) is 0 Å². The van der Waals surface area contributed by atoms with Crippen molar-refractivity contribution in [3.05, 3.63) is 70.0 Å². The third kappa shape index (κ3) is 3.12. The van der Waals surface area contributed by atoms with Crippen molar-refractivity contribution in [2.24, 2.45) is 40.2 Å². The Hall–Kier alpha value is -2.66. The monoisotopic (exact) mass is 555 g/mol. The van der Waals surface area contributed by atoms with E-state index in [1.807, 2.05) is 0 Å². The summed E-state index contributed by atoms with van der Waals surface area (Å²) >= 11 is 0. The Balaban J connectivity index is 1.49. The predicted molar refractivity (Wildman–Crippen MR) is 159 cm³/mol. The SMILES string of the molecule is CCC/C=C1\OC(=O)[C@@]23C4=C(CC[C@@]12[C@]1(OC(=O)c2c(CCCN)cccc21)[C@H]3CCC)[C@@H]1C=CC[C@@H](C)[C@@H]1CC4. The van der Waals surface area contributed by atoms with Crippen LogP contribution in [0.5, 0.6) is 0 Å². The van der Waals surface area contributed by atoms with E-state index in [1.54, 1.807) is 0 Å². The molecule has 1 saturated heterocycles. The zero-order valence-electron chi connectivity index (χ0n) is 25.0. The van der Waals surface area contributed by atoms with Gasteiger partial charge in [-0.25, -0.2) is 4.79 Å². The summed E-state index contributed by atoms with van der Waals surface area (Å²) in [4.78, 5) is 28.6. The van der Waals surface area contributed by atoms with Crippen molar-refractivity contribution in [1.82, 2.24) is 0 Å². The summed E-state index contributed by atoms with van der Waals surface area (Å²) in [6.07, 6.45) is 17.0. The fraction of sp³-hybridized carbons (Fsp3) is 0.611. The van der Waals surface area contributed by atoms with E-state index in [0.717, 1.165) is 87.5 Å². The van der Waals surface area contributed by atoms with E-state index >= 15 is 0 Å². The van der Waals surface area contributed by atoms with Crippen LogP contribution < -0.4 is 5.73 Å². The van der Waals surface area contributed by atoms with Crippen LogP contribution in [0.4, 0.5) is 0 Å². The Kier molecular flexibility index (Phi) is 6.43. The molecule has 2 fully saturated rings. The zero-order valence-corrected chi connectivity index (χ0v) is 25.0. The van der Waals surface area contributed by atoms with Gasteiger partial charge in [0.1, 0.15) is 11.2 Å². The summed E-state index contributed by atoms with van der Waals surface area (Å²) in [6.45, 7) is 7.31. The van der Waals surface area contributed by atoms with E-state index in [9.17, 15) is 9.59 Å². The van der Waals surface area contributed by atoms with Gasteiger partial charge in [-0.05, 0) is 87.8 Å². The number of allylic oxidation sites excluding steroid dienone is 4. The van der Waals surface area contributed by atoms with Crippen LogP contribution in [0, 0.1) is 34.5 Å². The Morgan fingerprint density at radius 3 is 2.78 bits per heavy atom. The Morgan fingerprint density at radius 2 is 2.00 bits per heavy atom. The normalized spacial score (nSPS) is 39.1.